The third-order valence-corrected chi connectivity index (χ3v) is 1.20. The fourth-order valence-corrected chi connectivity index (χ4v) is 0.770. The molecule has 1 aromatic rings. The summed E-state index contributed by atoms with van der Waals surface area (Å²) in [4.78, 5) is 10.2. The molecular formula is C9H12O2S. The van der Waals surface area contributed by atoms with E-state index < -0.39 is 5.97 Å². The monoisotopic (exact) mass is 184 g/mol. The SMILES string of the molecule is CS.O=C(O)Cc1ccccc1. The number of benzene rings is 1. The average molecular weight is 184 g/mol. The van der Waals surface area contributed by atoms with E-state index in [1.165, 1.54) is 0 Å². The first-order chi connectivity index (χ1) is 5.79. The quantitative estimate of drug-likeness (QED) is 0.688. The third kappa shape index (κ3) is 4.79. The number of carboxylic acids is 1. The van der Waals surface area contributed by atoms with E-state index in [1.807, 2.05) is 18.2 Å². The molecule has 2 nitrogen and oxygen atoms in total. The molecule has 0 amide bonds. The van der Waals surface area contributed by atoms with Gasteiger partial charge in [-0.3, -0.25) is 4.79 Å². The van der Waals surface area contributed by atoms with E-state index >= 15 is 0 Å². The molecule has 0 radical (unpaired) electrons. The van der Waals surface area contributed by atoms with Crippen LogP contribution in [0.3, 0.4) is 0 Å². The van der Waals surface area contributed by atoms with Crippen LogP contribution in [-0.2, 0) is 11.2 Å². The maximum atomic E-state index is 10.2. The van der Waals surface area contributed by atoms with Crippen molar-refractivity contribution in [2.45, 2.75) is 6.42 Å². The fraction of sp³-hybridized carbons (Fsp3) is 0.222. The first-order valence-corrected chi connectivity index (χ1v) is 4.39. The highest BCUT2D eigenvalue weighted by Crippen LogP contribution is 1.98. The van der Waals surface area contributed by atoms with Gasteiger partial charge in [0.05, 0.1) is 6.42 Å². The van der Waals surface area contributed by atoms with Crippen LogP contribution in [0.4, 0.5) is 0 Å². The van der Waals surface area contributed by atoms with Gasteiger partial charge < -0.3 is 5.11 Å². The molecule has 1 aromatic carbocycles. The van der Waals surface area contributed by atoms with Gasteiger partial charge in [0.15, 0.2) is 0 Å². The lowest BCUT2D eigenvalue weighted by Crippen LogP contribution is -1.98. The zero-order valence-electron chi connectivity index (χ0n) is 6.90. The van der Waals surface area contributed by atoms with Crippen molar-refractivity contribution in [1.82, 2.24) is 0 Å². The molecule has 0 atom stereocenters. The number of thiol groups is 1. The molecule has 3 heteroatoms. The summed E-state index contributed by atoms with van der Waals surface area (Å²) in [7, 11) is 0. The van der Waals surface area contributed by atoms with Crippen molar-refractivity contribution in [3.63, 3.8) is 0 Å². The van der Waals surface area contributed by atoms with Crippen molar-refractivity contribution >= 4 is 18.6 Å². The van der Waals surface area contributed by atoms with Gasteiger partial charge in [0.1, 0.15) is 0 Å². The Balaban J connectivity index is 0.000000561. The smallest absolute Gasteiger partial charge is 0.307 e. The van der Waals surface area contributed by atoms with E-state index in [1.54, 1.807) is 18.4 Å². The van der Waals surface area contributed by atoms with Crippen molar-refractivity contribution in [3.8, 4) is 0 Å². The molecule has 0 aromatic heterocycles. The zero-order valence-corrected chi connectivity index (χ0v) is 7.79. The molecule has 0 fully saturated rings. The van der Waals surface area contributed by atoms with Crippen molar-refractivity contribution in [2.24, 2.45) is 0 Å². The van der Waals surface area contributed by atoms with Gasteiger partial charge in [-0.1, -0.05) is 30.3 Å². The lowest BCUT2D eigenvalue weighted by atomic mass is 10.2. The second kappa shape index (κ2) is 6.73. The molecule has 1 rings (SSSR count). The number of hydrogen-bond acceptors (Lipinski definition) is 2. The zero-order chi connectivity index (χ0) is 9.40. The first-order valence-electron chi connectivity index (χ1n) is 3.49. The summed E-state index contributed by atoms with van der Waals surface area (Å²) >= 11 is 3.53. The van der Waals surface area contributed by atoms with Gasteiger partial charge in [-0.15, -0.1) is 0 Å². The molecular weight excluding hydrogens is 172 g/mol. The Bertz CT molecular complexity index is 221. The van der Waals surface area contributed by atoms with E-state index in [4.69, 9.17) is 5.11 Å². The van der Waals surface area contributed by atoms with Crippen LogP contribution in [0.15, 0.2) is 30.3 Å². The van der Waals surface area contributed by atoms with Gasteiger partial charge in [-0.05, 0) is 11.8 Å². The maximum Gasteiger partial charge on any atom is 0.307 e. The summed E-state index contributed by atoms with van der Waals surface area (Å²) in [5, 5.41) is 8.37. The van der Waals surface area contributed by atoms with Crippen LogP contribution < -0.4 is 0 Å². The van der Waals surface area contributed by atoms with E-state index in [0.717, 1.165) is 5.56 Å². The number of carbonyl (C=O) groups is 1. The fourth-order valence-electron chi connectivity index (χ4n) is 0.770. The highest BCUT2D eigenvalue weighted by molar-refractivity contribution is 7.79. The lowest BCUT2D eigenvalue weighted by molar-refractivity contribution is -0.136. The normalized spacial score (nSPS) is 8.17. The minimum Gasteiger partial charge on any atom is -0.481 e. The van der Waals surface area contributed by atoms with Crippen LogP contribution in [0.1, 0.15) is 5.56 Å². The minimum atomic E-state index is -0.786. The number of rotatable bonds is 2. The van der Waals surface area contributed by atoms with Gasteiger partial charge in [-0.2, -0.15) is 12.6 Å². The molecule has 0 saturated carbocycles. The Morgan fingerprint density at radius 2 is 1.83 bits per heavy atom. The van der Waals surface area contributed by atoms with Crippen molar-refractivity contribution in [1.29, 1.82) is 0 Å². The predicted molar refractivity (Wildman–Crippen MR) is 52.7 cm³/mol. The number of hydrogen-bond donors (Lipinski definition) is 2. The highest BCUT2D eigenvalue weighted by atomic mass is 32.1. The second-order valence-corrected chi connectivity index (χ2v) is 2.06. The van der Waals surface area contributed by atoms with Crippen LogP contribution in [0.25, 0.3) is 0 Å². The van der Waals surface area contributed by atoms with Crippen LogP contribution in [-0.4, -0.2) is 17.3 Å². The maximum absolute atomic E-state index is 10.2. The summed E-state index contributed by atoms with van der Waals surface area (Å²) in [6, 6.07) is 9.13. The second-order valence-electron chi connectivity index (χ2n) is 2.06. The molecule has 0 spiro atoms. The third-order valence-electron chi connectivity index (χ3n) is 1.20. The molecule has 0 heterocycles. The first kappa shape index (κ1) is 11.0. The molecule has 0 bridgehead atoms. The molecule has 0 aliphatic heterocycles. The Morgan fingerprint density at radius 1 is 1.33 bits per heavy atom. The minimum absolute atomic E-state index is 0.112. The lowest BCUT2D eigenvalue weighted by Gasteiger charge is -1.92. The Labute approximate surface area is 77.6 Å². The van der Waals surface area contributed by atoms with E-state index in [9.17, 15) is 4.79 Å². The van der Waals surface area contributed by atoms with E-state index in [-0.39, 0.29) is 6.42 Å². The van der Waals surface area contributed by atoms with Gasteiger partial charge >= 0.3 is 5.97 Å². The molecule has 1 N–H and O–H groups in total. The molecule has 0 aliphatic carbocycles. The number of carboxylic acid groups (broad SMARTS) is 1. The van der Waals surface area contributed by atoms with Gasteiger partial charge in [0, 0.05) is 0 Å². The number of aliphatic carboxylic acids is 1. The molecule has 12 heavy (non-hydrogen) atoms. The predicted octanol–water partition coefficient (Wildman–Crippen LogP) is 1.86. The summed E-state index contributed by atoms with van der Waals surface area (Å²) in [6.45, 7) is 0. The van der Waals surface area contributed by atoms with Gasteiger partial charge in [0.2, 0.25) is 0 Å². The molecule has 66 valence electrons. The summed E-state index contributed by atoms with van der Waals surface area (Å²) in [6.07, 6.45) is 1.81. The van der Waals surface area contributed by atoms with Crippen molar-refractivity contribution in [2.75, 3.05) is 6.26 Å². The Morgan fingerprint density at radius 3 is 2.25 bits per heavy atom. The standard InChI is InChI=1S/C8H8O2.CH4S/c9-8(10)6-7-4-2-1-3-5-7;1-2/h1-5H,6H2,(H,9,10);2H,1H3. The van der Waals surface area contributed by atoms with Crippen LogP contribution >= 0.6 is 12.6 Å². The average Bonchev–Trinajstić information content (AvgIpc) is 2.08. The summed E-state index contributed by atoms with van der Waals surface area (Å²) in [5.41, 5.74) is 0.843. The Kier molecular flexibility index (Phi) is 6.19. The summed E-state index contributed by atoms with van der Waals surface area (Å²) < 4.78 is 0. The molecule has 0 unspecified atom stereocenters. The Hall–Kier alpha value is -0.960. The van der Waals surface area contributed by atoms with E-state index in [0.29, 0.717) is 0 Å². The van der Waals surface area contributed by atoms with Crippen LogP contribution in [0, 0.1) is 0 Å². The summed E-state index contributed by atoms with van der Waals surface area (Å²) in [5.74, 6) is -0.786. The van der Waals surface area contributed by atoms with Crippen molar-refractivity contribution < 1.29 is 9.90 Å². The largest absolute Gasteiger partial charge is 0.481 e. The van der Waals surface area contributed by atoms with E-state index in [2.05, 4.69) is 12.6 Å². The molecule has 0 aliphatic rings. The van der Waals surface area contributed by atoms with Gasteiger partial charge in [0.25, 0.3) is 0 Å². The van der Waals surface area contributed by atoms with Crippen LogP contribution in [0.2, 0.25) is 0 Å². The van der Waals surface area contributed by atoms with Gasteiger partial charge in [-0.25, -0.2) is 0 Å². The van der Waals surface area contributed by atoms with Crippen molar-refractivity contribution in [3.05, 3.63) is 35.9 Å². The molecule has 0 saturated heterocycles. The topological polar surface area (TPSA) is 37.3 Å². The highest BCUT2D eigenvalue weighted by Gasteiger charge is 1.96. The van der Waals surface area contributed by atoms with Crippen LogP contribution in [0.5, 0.6) is 0 Å².